The van der Waals surface area contributed by atoms with E-state index >= 15 is 0 Å². The second-order valence-electron chi connectivity index (χ2n) is 33.2. The second-order valence-corrected chi connectivity index (χ2v) is 33.2. The van der Waals surface area contributed by atoms with Crippen molar-refractivity contribution in [2.75, 3.05) is 4.90 Å². The Balaban J connectivity index is 0.663. The molecule has 101 heavy (non-hydrogen) atoms. The van der Waals surface area contributed by atoms with Crippen molar-refractivity contribution in [3.05, 3.63) is 340 Å². The molecule has 0 amide bonds. The molecule has 0 aliphatic heterocycles. The Morgan fingerprint density at radius 1 is 0.178 bits per heavy atom. The van der Waals surface area contributed by atoms with Gasteiger partial charge in [-0.1, -0.05) is 277 Å². The first-order valence-electron chi connectivity index (χ1n) is 36.5. The highest BCUT2D eigenvalue weighted by Crippen LogP contribution is 2.61. The van der Waals surface area contributed by atoms with Crippen molar-refractivity contribution in [3.8, 4) is 111 Å². The normalized spacial score (nSPS) is 16.4. The fraction of sp³-hybridized carbons (Fsp3) is 0.180. The maximum absolute atomic E-state index is 2.57. The van der Waals surface area contributed by atoms with Gasteiger partial charge in [0.25, 0.3) is 0 Å². The van der Waals surface area contributed by atoms with E-state index in [0.717, 1.165) is 11.4 Å². The summed E-state index contributed by atoms with van der Waals surface area (Å²) in [4.78, 5) is 2.54. The minimum absolute atomic E-state index is 0.0545. The number of hydrogen-bond donors (Lipinski definition) is 0. The summed E-state index contributed by atoms with van der Waals surface area (Å²) < 4.78 is 0. The molecule has 0 saturated heterocycles. The topological polar surface area (TPSA) is 3.24 Å². The highest BCUT2D eigenvalue weighted by Gasteiger charge is 2.45. The largest absolute Gasteiger partial charge is 0.310 e. The van der Waals surface area contributed by atoms with Crippen molar-refractivity contribution < 1.29 is 0 Å². The van der Waals surface area contributed by atoms with Crippen LogP contribution in [0.5, 0.6) is 0 Å². The van der Waals surface area contributed by atoms with Crippen LogP contribution < -0.4 is 4.90 Å². The van der Waals surface area contributed by atoms with Crippen LogP contribution in [0.2, 0.25) is 0 Å². The summed E-state index contributed by atoms with van der Waals surface area (Å²) in [5, 5.41) is 2.51. The summed E-state index contributed by atoms with van der Waals surface area (Å²) in [6.07, 6.45) is 0. The third kappa shape index (κ3) is 8.21. The molecule has 0 unspecified atom stereocenters. The average Bonchev–Trinajstić information content (AvgIpc) is 1.54. The molecule has 20 rings (SSSR count). The summed E-state index contributed by atoms with van der Waals surface area (Å²) in [6, 6.07) is 106. The van der Waals surface area contributed by atoms with E-state index in [1.807, 2.05) is 0 Å². The molecule has 0 atom stereocenters. The first-order chi connectivity index (χ1) is 48.6. The molecule has 486 valence electrons. The molecule has 0 spiro atoms. The van der Waals surface area contributed by atoms with Gasteiger partial charge < -0.3 is 4.90 Å². The third-order valence-electron chi connectivity index (χ3n) is 25.7. The van der Waals surface area contributed by atoms with Crippen LogP contribution in [0.15, 0.2) is 273 Å². The summed E-state index contributed by atoms with van der Waals surface area (Å²) in [5.74, 6) is 0. The number of fused-ring (bicyclic) bond motifs is 20. The number of nitrogens with zero attached hydrogens (tertiary/aromatic N) is 1. The van der Waals surface area contributed by atoms with Crippen molar-refractivity contribution >= 4 is 27.8 Å². The fourth-order valence-electron chi connectivity index (χ4n) is 19.9. The Morgan fingerprint density at radius 3 is 0.792 bits per heavy atom. The molecule has 0 saturated carbocycles. The maximum atomic E-state index is 2.57. The molecule has 0 bridgehead atoms. The van der Waals surface area contributed by atoms with Crippen LogP contribution in [0.3, 0.4) is 0 Å². The zero-order chi connectivity index (χ0) is 68.8. The Kier molecular flexibility index (Phi) is 12.2. The van der Waals surface area contributed by atoms with Crippen molar-refractivity contribution in [3.63, 3.8) is 0 Å². The summed E-state index contributed by atoms with van der Waals surface area (Å²) in [5.41, 5.74) is 45.4. The van der Waals surface area contributed by atoms with Crippen LogP contribution in [-0.2, 0) is 32.5 Å². The number of anilines is 3. The predicted molar refractivity (Wildman–Crippen MR) is 426 cm³/mol. The first-order valence-corrected chi connectivity index (χ1v) is 36.5. The van der Waals surface area contributed by atoms with Gasteiger partial charge in [0.1, 0.15) is 0 Å². The van der Waals surface area contributed by atoms with Crippen LogP contribution in [-0.4, -0.2) is 0 Å². The Bertz CT molecular complexity index is 5730. The third-order valence-corrected chi connectivity index (χ3v) is 25.7. The molecule has 1 nitrogen and oxygen atoms in total. The van der Waals surface area contributed by atoms with Crippen LogP contribution in [0.25, 0.3) is 122 Å². The number of benzene rings is 14. The van der Waals surface area contributed by atoms with E-state index in [-0.39, 0.29) is 32.5 Å². The monoisotopic (exact) mass is 1300 g/mol. The first kappa shape index (κ1) is 60.1. The second kappa shape index (κ2) is 20.4. The predicted octanol–water partition coefficient (Wildman–Crippen LogP) is 26.8. The van der Waals surface area contributed by atoms with Gasteiger partial charge in [-0.25, -0.2) is 0 Å². The molecule has 0 aromatic heterocycles. The minimum Gasteiger partial charge on any atom is -0.310 e. The lowest BCUT2D eigenvalue weighted by molar-refractivity contribution is 0.652. The summed E-state index contributed by atoms with van der Waals surface area (Å²) in [7, 11) is 0. The van der Waals surface area contributed by atoms with E-state index in [0.29, 0.717) is 0 Å². The van der Waals surface area contributed by atoms with E-state index in [2.05, 4.69) is 361 Å². The van der Waals surface area contributed by atoms with Gasteiger partial charge in [-0.3, -0.25) is 0 Å². The standard InChI is InChI=1S/C100H81N/c1-95(2)81-26-18-15-21-68(81)71-45-35-62(51-84(71)95)64-37-47-75-73-43-33-60(49-86(73)98(7,8)88(75)53-64)58-29-39-66(40-30-58)101(93-57-92-94(78-25-14-13-24-77(78)93)80-56-90-79(55-91(80)100(92,11)12)70-23-17-20-28-83(70)97(90,5)6)67-41-31-59(32-42-67)61-34-44-74-76-48-38-65(54-89(76)99(9,10)87(74)50-61)63-36-46-72-69-22-16-19-27-82(69)96(3,4)85(72)52-63/h13-57H,1-12H3. The van der Waals surface area contributed by atoms with E-state index in [1.165, 1.54) is 194 Å². The van der Waals surface area contributed by atoms with Gasteiger partial charge in [-0.05, 0) is 262 Å². The van der Waals surface area contributed by atoms with Gasteiger partial charge >= 0.3 is 0 Å². The molecule has 14 aromatic carbocycles. The molecule has 0 fully saturated rings. The minimum atomic E-state index is -0.275. The van der Waals surface area contributed by atoms with Crippen molar-refractivity contribution in [1.29, 1.82) is 0 Å². The van der Waals surface area contributed by atoms with E-state index in [9.17, 15) is 0 Å². The lowest BCUT2D eigenvalue weighted by atomic mass is 9.79. The van der Waals surface area contributed by atoms with E-state index in [1.54, 1.807) is 0 Å². The molecule has 6 aliphatic rings. The molecule has 0 N–H and O–H groups in total. The van der Waals surface area contributed by atoms with Crippen LogP contribution in [0.4, 0.5) is 17.1 Å². The molecule has 0 radical (unpaired) electrons. The molecule has 6 aliphatic carbocycles. The van der Waals surface area contributed by atoms with Crippen LogP contribution in [0, 0.1) is 0 Å². The molecular weight excluding hydrogens is 1220 g/mol. The van der Waals surface area contributed by atoms with Crippen molar-refractivity contribution in [2.24, 2.45) is 0 Å². The van der Waals surface area contributed by atoms with Gasteiger partial charge in [0.05, 0.1) is 5.69 Å². The SMILES string of the molecule is CC1(C)c2ccccc2-c2ccc(-c3ccc4c(c3)C(C)(C)c3cc(-c5ccc(N(c6ccc(-c7ccc8c(c7)C(C)(C)c7cc(-c9ccc%10c(c9)C(C)(C)c9ccccc9-%10)ccc7-8)cc6)c6cc7c(c8ccccc68)-c6cc8c(cc6C7(C)C)-c6ccccc6C8(C)C)cc5)ccc3-4)cc21. The Morgan fingerprint density at radius 2 is 0.426 bits per heavy atom. The smallest absolute Gasteiger partial charge is 0.0543 e. The fourth-order valence-corrected chi connectivity index (χ4v) is 19.9. The van der Waals surface area contributed by atoms with Gasteiger partial charge in [-0.2, -0.15) is 0 Å². The Labute approximate surface area is 595 Å². The zero-order valence-corrected chi connectivity index (χ0v) is 59.9. The molecule has 1 heteroatoms. The molecular formula is C100H81N. The average molecular weight is 1300 g/mol. The van der Waals surface area contributed by atoms with Crippen LogP contribution in [0.1, 0.15) is 150 Å². The van der Waals surface area contributed by atoms with E-state index < -0.39 is 0 Å². The van der Waals surface area contributed by atoms with Gasteiger partial charge in [0.2, 0.25) is 0 Å². The Hall–Kier alpha value is -10.9. The highest BCUT2D eigenvalue weighted by atomic mass is 15.1. The molecule has 0 heterocycles. The quantitative estimate of drug-likeness (QED) is 0.154. The highest BCUT2D eigenvalue weighted by molar-refractivity contribution is 6.11. The number of hydrogen-bond acceptors (Lipinski definition) is 1. The van der Waals surface area contributed by atoms with Crippen molar-refractivity contribution in [2.45, 2.75) is 116 Å². The van der Waals surface area contributed by atoms with Gasteiger partial charge in [0, 0.05) is 49.3 Å². The zero-order valence-electron chi connectivity index (χ0n) is 59.9. The van der Waals surface area contributed by atoms with Crippen molar-refractivity contribution in [1.82, 2.24) is 0 Å². The van der Waals surface area contributed by atoms with E-state index in [4.69, 9.17) is 0 Å². The summed E-state index contributed by atoms with van der Waals surface area (Å²) in [6.45, 7) is 28.9. The number of rotatable bonds is 7. The van der Waals surface area contributed by atoms with Gasteiger partial charge in [0.15, 0.2) is 0 Å². The van der Waals surface area contributed by atoms with Gasteiger partial charge in [-0.15, -0.1) is 0 Å². The molecule has 14 aromatic rings. The maximum Gasteiger partial charge on any atom is 0.0543 e. The lowest BCUT2D eigenvalue weighted by Gasteiger charge is -2.30. The lowest BCUT2D eigenvalue weighted by Crippen LogP contribution is -2.18. The van der Waals surface area contributed by atoms with Crippen LogP contribution >= 0.6 is 0 Å². The summed E-state index contributed by atoms with van der Waals surface area (Å²) >= 11 is 0.